The highest BCUT2D eigenvalue weighted by Crippen LogP contribution is 2.32. The van der Waals surface area contributed by atoms with Crippen LogP contribution < -0.4 is 9.47 Å². The van der Waals surface area contributed by atoms with Gasteiger partial charge in [0.25, 0.3) is 0 Å². The van der Waals surface area contributed by atoms with Crippen molar-refractivity contribution in [1.82, 2.24) is 0 Å². The molecule has 0 aliphatic carbocycles. The first kappa shape index (κ1) is 18.4. The van der Waals surface area contributed by atoms with E-state index in [-0.39, 0.29) is 25.8 Å². The summed E-state index contributed by atoms with van der Waals surface area (Å²) < 4.78 is 27.2. The van der Waals surface area contributed by atoms with Gasteiger partial charge in [0.05, 0.1) is 6.61 Å². The Kier molecular flexibility index (Phi) is 5.50. The molecule has 0 bridgehead atoms. The number of rotatable bonds is 6. The molecule has 4 rings (SSSR count). The number of para-hydroxylation sites is 1. The molecule has 2 aromatic carbocycles. The van der Waals surface area contributed by atoms with Crippen molar-refractivity contribution in [1.29, 1.82) is 0 Å². The molecular weight excluding hydrogens is 384 g/mol. The average Bonchev–Trinajstić information content (AvgIpc) is 3.20. The van der Waals surface area contributed by atoms with Crippen molar-refractivity contribution in [2.45, 2.75) is 19.8 Å². The van der Waals surface area contributed by atoms with Crippen LogP contribution in [0, 0.1) is 0 Å². The summed E-state index contributed by atoms with van der Waals surface area (Å²) in [6.45, 7) is 0.781. The Morgan fingerprint density at radius 2 is 1.93 bits per heavy atom. The number of hydrogen-bond acceptors (Lipinski definition) is 6. The van der Waals surface area contributed by atoms with Crippen LogP contribution in [0.5, 0.6) is 11.5 Å². The van der Waals surface area contributed by atoms with Crippen molar-refractivity contribution >= 4 is 17.6 Å². The molecule has 7 heteroatoms. The van der Waals surface area contributed by atoms with Crippen LogP contribution in [0.25, 0.3) is 0 Å². The molecule has 0 amide bonds. The van der Waals surface area contributed by atoms with E-state index in [1.807, 2.05) is 30.3 Å². The van der Waals surface area contributed by atoms with Crippen LogP contribution in [0.3, 0.4) is 0 Å². The Hall–Kier alpha value is -2.96. The molecule has 28 heavy (non-hydrogen) atoms. The number of ether oxygens (including phenoxy) is 4. The minimum atomic E-state index is -0.577. The molecule has 0 unspecified atom stereocenters. The SMILES string of the molecule is O=C(OCc1cc(Cl)cc2c1OCOC2)c1ccc(COc2ccccc2)o1. The zero-order valence-electron chi connectivity index (χ0n) is 14.9. The van der Waals surface area contributed by atoms with E-state index in [9.17, 15) is 4.79 Å². The smallest absolute Gasteiger partial charge is 0.374 e. The van der Waals surface area contributed by atoms with Gasteiger partial charge in [-0.15, -0.1) is 0 Å². The van der Waals surface area contributed by atoms with Crippen LogP contribution >= 0.6 is 11.6 Å². The molecule has 0 saturated heterocycles. The van der Waals surface area contributed by atoms with Gasteiger partial charge in [-0.3, -0.25) is 0 Å². The van der Waals surface area contributed by atoms with Crippen LogP contribution in [0.1, 0.15) is 27.4 Å². The summed E-state index contributed by atoms with van der Waals surface area (Å²) in [5.41, 5.74) is 1.50. The third-order valence-electron chi connectivity index (χ3n) is 4.10. The van der Waals surface area contributed by atoms with E-state index in [0.717, 1.165) is 11.3 Å². The van der Waals surface area contributed by atoms with Gasteiger partial charge in [0.15, 0.2) is 6.79 Å². The molecular formula is C21H17ClO6. The highest BCUT2D eigenvalue weighted by molar-refractivity contribution is 6.30. The van der Waals surface area contributed by atoms with Crippen LogP contribution in [0.15, 0.2) is 59.0 Å². The first-order chi connectivity index (χ1) is 13.7. The topological polar surface area (TPSA) is 67.1 Å². The Morgan fingerprint density at radius 1 is 1.07 bits per heavy atom. The van der Waals surface area contributed by atoms with Crippen molar-refractivity contribution in [2.75, 3.05) is 6.79 Å². The Labute approximate surface area is 166 Å². The summed E-state index contributed by atoms with van der Waals surface area (Å²) in [6, 6.07) is 16.1. The van der Waals surface area contributed by atoms with Crippen LogP contribution in [0.4, 0.5) is 0 Å². The maximum Gasteiger partial charge on any atom is 0.374 e. The minimum Gasteiger partial charge on any atom is -0.486 e. The average molecular weight is 401 g/mol. The minimum absolute atomic E-state index is 0.0122. The lowest BCUT2D eigenvalue weighted by atomic mass is 10.1. The normalized spacial score (nSPS) is 12.8. The molecule has 3 aromatic rings. The van der Waals surface area contributed by atoms with Crippen molar-refractivity contribution in [3.8, 4) is 11.5 Å². The molecule has 0 fully saturated rings. The molecule has 144 valence electrons. The van der Waals surface area contributed by atoms with Crippen LogP contribution in [-0.4, -0.2) is 12.8 Å². The van der Waals surface area contributed by atoms with Crippen molar-refractivity contribution < 1.29 is 28.2 Å². The monoisotopic (exact) mass is 400 g/mol. The molecule has 6 nitrogen and oxygen atoms in total. The van der Waals surface area contributed by atoms with Gasteiger partial charge < -0.3 is 23.4 Å². The van der Waals surface area contributed by atoms with E-state index in [4.69, 9.17) is 35.0 Å². The summed E-state index contributed by atoms with van der Waals surface area (Å²) >= 11 is 6.12. The molecule has 0 radical (unpaired) electrons. The van der Waals surface area contributed by atoms with E-state index >= 15 is 0 Å². The summed E-state index contributed by atoms with van der Waals surface area (Å²) in [6.07, 6.45) is 0. The third-order valence-corrected chi connectivity index (χ3v) is 4.32. The Morgan fingerprint density at radius 3 is 2.79 bits per heavy atom. The number of fused-ring (bicyclic) bond motifs is 1. The second kappa shape index (κ2) is 8.37. The molecule has 0 saturated carbocycles. The number of furan rings is 1. The number of carbonyl (C=O) groups excluding carboxylic acids is 1. The van der Waals surface area contributed by atoms with Crippen LogP contribution in [-0.2, 0) is 29.3 Å². The maximum absolute atomic E-state index is 12.3. The lowest BCUT2D eigenvalue weighted by Gasteiger charge is -2.20. The van der Waals surface area contributed by atoms with Gasteiger partial charge in [-0.2, -0.15) is 0 Å². The fourth-order valence-electron chi connectivity index (χ4n) is 2.81. The Bertz CT molecular complexity index is 966. The zero-order chi connectivity index (χ0) is 19.3. The molecule has 1 aliphatic heterocycles. The van der Waals surface area contributed by atoms with Gasteiger partial charge in [-0.25, -0.2) is 4.79 Å². The zero-order valence-corrected chi connectivity index (χ0v) is 15.6. The number of carbonyl (C=O) groups is 1. The molecule has 0 atom stereocenters. The standard InChI is InChI=1S/C21H17ClO6/c22-16-8-14-10-24-13-27-20(14)15(9-16)11-26-21(23)19-7-6-18(28-19)12-25-17-4-2-1-3-5-17/h1-9H,10-13H2. The van der Waals surface area contributed by atoms with Gasteiger partial charge in [0.2, 0.25) is 5.76 Å². The maximum atomic E-state index is 12.3. The highest BCUT2D eigenvalue weighted by atomic mass is 35.5. The molecule has 0 spiro atoms. The fraction of sp³-hybridized carbons (Fsp3) is 0.190. The molecule has 2 heterocycles. The van der Waals surface area contributed by atoms with E-state index in [1.165, 1.54) is 0 Å². The number of benzene rings is 2. The lowest BCUT2D eigenvalue weighted by molar-refractivity contribution is -0.0180. The fourth-order valence-corrected chi connectivity index (χ4v) is 3.08. The summed E-state index contributed by atoms with van der Waals surface area (Å²) in [5.74, 6) is 1.41. The van der Waals surface area contributed by atoms with Gasteiger partial charge >= 0.3 is 5.97 Å². The largest absolute Gasteiger partial charge is 0.486 e. The molecule has 1 aliphatic rings. The van der Waals surface area contributed by atoms with E-state index in [0.29, 0.717) is 28.7 Å². The van der Waals surface area contributed by atoms with E-state index in [2.05, 4.69) is 0 Å². The number of hydrogen-bond donors (Lipinski definition) is 0. The van der Waals surface area contributed by atoms with Gasteiger partial charge in [0, 0.05) is 16.1 Å². The van der Waals surface area contributed by atoms with Crippen LogP contribution in [0.2, 0.25) is 5.02 Å². The van der Waals surface area contributed by atoms with Crippen molar-refractivity contribution in [2.24, 2.45) is 0 Å². The predicted octanol–water partition coefficient (Wildman–Crippen LogP) is 4.74. The van der Waals surface area contributed by atoms with Gasteiger partial charge in [-0.1, -0.05) is 29.8 Å². The van der Waals surface area contributed by atoms with Crippen molar-refractivity contribution in [3.63, 3.8) is 0 Å². The number of halogens is 1. The second-order valence-electron chi connectivity index (χ2n) is 6.11. The summed E-state index contributed by atoms with van der Waals surface area (Å²) in [5, 5.41) is 0.525. The highest BCUT2D eigenvalue weighted by Gasteiger charge is 2.19. The lowest BCUT2D eigenvalue weighted by Crippen LogP contribution is -2.14. The quantitative estimate of drug-likeness (QED) is 0.557. The first-order valence-electron chi connectivity index (χ1n) is 8.64. The van der Waals surface area contributed by atoms with E-state index in [1.54, 1.807) is 24.3 Å². The van der Waals surface area contributed by atoms with Gasteiger partial charge in [-0.05, 0) is 36.4 Å². The Balaban J connectivity index is 1.37. The van der Waals surface area contributed by atoms with Gasteiger partial charge in [0.1, 0.15) is 30.5 Å². The molecule has 0 N–H and O–H groups in total. The number of esters is 1. The first-order valence-corrected chi connectivity index (χ1v) is 9.02. The van der Waals surface area contributed by atoms with Crippen molar-refractivity contribution in [3.05, 3.63) is 82.3 Å². The van der Waals surface area contributed by atoms with E-state index < -0.39 is 5.97 Å². The summed E-state index contributed by atoms with van der Waals surface area (Å²) in [4.78, 5) is 12.3. The second-order valence-corrected chi connectivity index (χ2v) is 6.54. The third kappa shape index (κ3) is 4.30. The summed E-state index contributed by atoms with van der Waals surface area (Å²) in [7, 11) is 0. The predicted molar refractivity (Wildman–Crippen MR) is 100 cm³/mol. The molecule has 1 aromatic heterocycles.